The van der Waals surface area contributed by atoms with Crippen LogP contribution in [0.5, 0.6) is 0 Å². The number of aryl methyl sites for hydroxylation is 1. The lowest BCUT2D eigenvalue weighted by atomic mass is 9.98. The summed E-state index contributed by atoms with van der Waals surface area (Å²) >= 11 is 7.37. The van der Waals surface area contributed by atoms with Crippen LogP contribution in [0.15, 0.2) is 53.6 Å². The summed E-state index contributed by atoms with van der Waals surface area (Å²) in [7, 11) is 4.17. The summed E-state index contributed by atoms with van der Waals surface area (Å²) in [5.41, 5.74) is 3.50. The Morgan fingerprint density at radius 3 is 2.68 bits per heavy atom. The summed E-state index contributed by atoms with van der Waals surface area (Å²) < 4.78 is 3.61. The smallest absolute Gasteiger partial charge is 0.244 e. The van der Waals surface area contributed by atoms with E-state index in [-0.39, 0.29) is 11.9 Å². The summed E-state index contributed by atoms with van der Waals surface area (Å²) in [5, 5.41) is 2.01. The van der Waals surface area contributed by atoms with E-state index in [4.69, 9.17) is 11.6 Å². The van der Waals surface area contributed by atoms with E-state index in [0.29, 0.717) is 5.92 Å². The predicted octanol–water partition coefficient (Wildman–Crippen LogP) is 4.82. The van der Waals surface area contributed by atoms with Crippen molar-refractivity contribution in [2.45, 2.75) is 50.1 Å². The molecule has 5 nitrogen and oxygen atoms in total. The van der Waals surface area contributed by atoms with E-state index in [1.54, 1.807) is 0 Å². The summed E-state index contributed by atoms with van der Waals surface area (Å²) in [6, 6.07) is 14.0. The molecule has 2 aromatic carbocycles. The Morgan fingerprint density at radius 2 is 1.94 bits per heavy atom. The summed E-state index contributed by atoms with van der Waals surface area (Å²) in [4.78, 5) is 22.4. The number of aromatic nitrogens is 1. The number of benzene rings is 2. The second-order valence-electron chi connectivity index (χ2n) is 9.68. The number of nitrogens with zero attached hydrogens (tertiary/aromatic N) is 2. The van der Waals surface area contributed by atoms with Crippen molar-refractivity contribution in [3.8, 4) is 0 Å². The van der Waals surface area contributed by atoms with Gasteiger partial charge in [0.1, 0.15) is 6.04 Å². The van der Waals surface area contributed by atoms with Crippen molar-refractivity contribution < 1.29 is 4.79 Å². The lowest BCUT2D eigenvalue weighted by Crippen LogP contribution is -2.48. The molecule has 0 saturated carbocycles. The van der Waals surface area contributed by atoms with Crippen molar-refractivity contribution in [2.75, 3.05) is 27.2 Å². The molecular formula is C27H36ClN4OS+. The molecule has 3 aromatic rings. The van der Waals surface area contributed by atoms with Crippen LogP contribution >= 0.6 is 11.6 Å². The van der Waals surface area contributed by atoms with Crippen molar-refractivity contribution in [2.24, 2.45) is 5.92 Å². The minimum absolute atomic E-state index is 0.209. The number of nitrogens with one attached hydrogen (secondary N) is 2. The quantitative estimate of drug-likeness (QED) is 0.328. The van der Waals surface area contributed by atoms with E-state index in [1.165, 1.54) is 15.8 Å². The minimum Gasteiger partial charge on any atom is -0.361 e. The van der Waals surface area contributed by atoms with Gasteiger partial charge in [-0.15, -0.1) is 4.72 Å². The number of hydrogen-bond acceptors (Lipinski definition) is 3. The highest BCUT2D eigenvalue weighted by molar-refractivity contribution is 7.76. The van der Waals surface area contributed by atoms with Gasteiger partial charge in [-0.2, -0.15) is 0 Å². The molecule has 4 rings (SSSR count). The SMILES string of the molecule is CC1CCN(C(=O)C(CCc2ccccc2Cl)N[SH+]c2cccc3[nH]cc(CN(C)C)c23)CC1. The van der Waals surface area contributed by atoms with E-state index in [0.717, 1.165) is 73.4 Å². The molecule has 34 heavy (non-hydrogen) atoms. The van der Waals surface area contributed by atoms with Crippen LogP contribution < -0.4 is 4.72 Å². The number of carbonyl (C=O) groups is 1. The molecule has 0 spiro atoms. The fourth-order valence-corrected chi connectivity index (χ4v) is 5.94. The molecule has 2 N–H and O–H groups in total. The number of fused-ring (bicyclic) bond motifs is 1. The first-order valence-corrected chi connectivity index (χ1v) is 13.4. The average molecular weight is 500 g/mol. The molecule has 1 unspecified atom stereocenters. The Balaban J connectivity index is 1.52. The highest BCUT2D eigenvalue weighted by atomic mass is 35.5. The molecule has 1 aliphatic heterocycles. The number of rotatable bonds is 9. The van der Waals surface area contributed by atoms with Gasteiger partial charge < -0.3 is 14.8 Å². The Morgan fingerprint density at radius 1 is 1.18 bits per heavy atom. The van der Waals surface area contributed by atoms with Gasteiger partial charge in [0, 0.05) is 30.9 Å². The zero-order valence-corrected chi connectivity index (χ0v) is 22.0. The van der Waals surface area contributed by atoms with Crippen LogP contribution in [0.25, 0.3) is 10.9 Å². The normalized spacial score (nSPS) is 15.9. The van der Waals surface area contributed by atoms with Crippen LogP contribution in [-0.4, -0.2) is 53.9 Å². The largest absolute Gasteiger partial charge is 0.361 e. The number of carbonyl (C=O) groups excluding carboxylic acids is 1. The van der Waals surface area contributed by atoms with E-state index in [1.807, 2.05) is 23.1 Å². The molecule has 182 valence electrons. The van der Waals surface area contributed by atoms with Crippen LogP contribution in [0.4, 0.5) is 0 Å². The van der Waals surface area contributed by atoms with Crippen molar-refractivity contribution in [3.63, 3.8) is 0 Å². The Hall–Kier alpha value is -1.99. The molecule has 1 saturated heterocycles. The first-order valence-electron chi connectivity index (χ1n) is 12.1. The molecule has 1 aromatic heterocycles. The minimum atomic E-state index is -0.252. The third-order valence-corrected chi connectivity index (χ3v) is 8.07. The van der Waals surface area contributed by atoms with Crippen molar-refractivity contribution >= 4 is 40.4 Å². The Labute approximate surface area is 212 Å². The summed E-state index contributed by atoms with van der Waals surface area (Å²) in [5.74, 6) is 0.902. The maximum Gasteiger partial charge on any atom is 0.244 e. The topological polar surface area (TPSA) is 51.4 Å². The molecule has 2 heterocycles. The molecule has 0 aliphatic carbocycles. The molecule has 7 heteroatoms. The number of halogens is 1. The van der Waals surface area contributed by atoms with Crippen molar-refractivity contribution in [1.82, 2.24) is 19.5 Å². The van der Waals surface area contributed by atoms with Gasteiger partial charge in [-0.3, -0.25) is 4.79 Å². The first-order chi connectivity index (χ1) is 16.4. The average Bonchev–Trinajstić information content (AvgIpc) is 3.23. The van der Waals surface area contributed by atoms with E-state index in [2.05, 4.69) is 66.1 Å². The third-order valence-electron chi connectivity index (χ3n) is 6.65. The Bertz CT molecular complexity index is 1110. The molecule has 1 fully saturated rings. The van der Waals surface area contributed by atoms with Gasteiger partial charge in [-0.05, 0) is 75.0 Å². The second-order valence-corrected chi connectivity index (χ2v) is 11.1. The number of likely N-dealkylation sites (tertiary alicyclic amines) is 1. The van der Waals surface area contributed by atoms with E-state index >= 15 is 0 Å². The lowest BCUT2D eigenvalue weighted by molar-refractivity contribution is -0.134. The molecule has 0 radical (unpaired) electrons. The molecule has 1 aliphatic rings. The van der Waals surface area contributed by atoms with Crippen LogP contribution in [0.2, 0.25) is 5.02 Å². The fourth-order valence-electron chi connectivity index (χ4n) is 4.63. The van der Waals surface area contributed by atoms with Crippen LogP contribution in [0.3, 0.4) is 0 Å². The van der Waals surface area contributed by atoms with Gasteiger partial charge in [0.15, 0.2) is 4.90 Å². The zero-order chi connectivity index (χ0) is 24.1. The highest BCUT2D eigenvalue weighted by Crippen LogP contribution is 2.26. The zero-order valence-electron chi connectivity index (χ0n) is 20.4. The number of H-pyrrole nitrogens is 1. The number of thiol groups is 1. The predicted molar refractivity (Wildman–Crippen MR) is 144 cm³/mol. The van der Waals surface area contributed by atoms with Gasteiger partial charge in [0.25, 0.3) is 0 Å². The van der Waals surface area contributed by atoms with Gasteiger partial charge in [0.05, 0.1) is 22.9 Å². The fraction of sp³-hybridized carbons (Fsp3) is 0.444. The van der Waals surface area contributed by atoms with E-state index < -0.39 is 0 Å². The molecule has 0 bridgehead atoms. The maximum atomic E-state index is 13.6. The number of amides is 1. The number of piperidine rings is 1. The van der Waals surface area contributed by atoms with Crippen LogP contribution in [-0.2, 0) is 29.7 Å². The van der Waals surface area contributed by atoms with E-state index in [9.17, 15) is 4.79 Å². The molecule has 1 amide bonds. The van der Waals surface area contributed by atoms with Crippen LogP contribution in [0, 0.1) is 5.92 Å². The standard InChI is InChI=1S/C27H35ClN4OS/c1-19-13-15-32(16-14-19)27(33)24(12-11-20-7-4-5-8-22(20)28)30-34-25-10-6-9-23-26(25)21(17-29-23)18-31(2)3/h4-10,17,19,24,29-30H,11-16,18H2,1-3H3/p+1. The first kappa shape index (κ1) is 25.1. The maximum absolute atomic E-state index is 13.6. The van der Waals surface area contributed by atoms with Crippen LogP contribution in [0.1, 0.15) is 37.3 Å². The second kappa shape index (κ2) is 11.6. The molecular weight excluding hydrogens is 464 g/mol. The number of hydrogen-bond donors (Lipinski definition) is 2. The van der Waals surface area contributed by atoms with Gasteiger partial charge in [-0.25, -0.2) is 0 Å². The number of aromatic amines is 1. The highest BCUT2D eigenvalue weighted by Gasteiger charge is 2.30. The van der Waals surface area contributed by atoms with Crippen molar-refractivity contribution in [1.29, 1.82) is 0 Å². The van der Waals surface area contributed by atoms with Crippen molar-refractivity contribution in [3.05, 3.63) is 64.8 Å². The molecule has 1 atom stereocenters. The summed E-state index contributed by atoms with van der Waals surface area (Å²) in [6.45, 7) is 4.84. The monoisotopic (exact) mass is 499 g/mol. The summed E-state index contributed by atoms with van der Waals surface area (Å²) in [6.07, 6.45) is 5.74. The van der Waals surface area contributed by atoms with Gasteiger partial charge in [0.2, 0.25) is 5.91 Å². The Kier molecular flexibility index (Phi) is 8.59. The lowest BCUT2D eigenvalue weighted by Gasteiger charge is -2.32. The van der Waals surface area contributed by atoms with Gasteiger partial charge >= 0.3 is 0 Å². The third kappa shape index (κ3) is 6.16. The van der Waals surface area contributed by atoms with Gasteiger partial charge in [-0.1, -0.05) is 42.8 Å².